The van der Waals surface area contributed by atoms with Gasteiger partial charge < -0.3 is 14.2 Å². The van der Waals surface area contributed by atoms with E-state index in [4.69, 9.17) is 8.83 Å². The summed E-state index contributed by atoms with van der Waals surface area (Å²) in [4.78, 5) is 27.8. The van der Waals surface area contributed by atoms with Gasteiger partial charge in [0.15, 0.2) is 10.8 Å². The summed E-state index contributed by atoms with van der Waals surface area (Å²) >= 11 is 1.43. The summed E-state index contributed by atoms with van der Waals surface area (Å²) in [5.74, 6) is 0.515. The average molecular weight is 352 g/mol. The van der Waals surface area contributed by atoms with Crippen LogP contribution in [0.2, 0.25) is 0 Å². The number of nitrogens with zero attached hydrogens (tertiary/aromatic N) is 1. The molecule has 0 radical (unpaired) electrons. The Hall–Kier alpha value is -3.19. The molecule has 0 saturated heterocycles. The van der Waals surface area contributed by atoms with Gasteiger partial charge in [0.25, 0.3) is 0 Å². The van der Waals surface area contributed by atoms with Gasteiger partial charge in [0.05, 0.1) is 18.4 Å². The predicted octanol–water partition coefficient (Wildman–Crippen LogP) is 3.69. The van der Waals surface area contributed by atoms with Crippen molar-refractivity contribution in [1.29, 1.82) is 0 Å². The molecule has 0 aliphatic rings. The molecule has 0 aliphatic carbocycles. The minimum atomic E-state index is -0.403. The summed E-state index contributed by atoms with van der Waals surface area (Å²) in [6.45, 7) is 0. The largest absolute Gasteiger partial charge is 0.462 e. The lowest BCUT2D eigenvalue weighted by Crippen LogP contribution is -2.14. The lowest BCUT2D eigenvalue weighted by Gasteiger charge is -2.05. The summed E-state index contributed by atoms with van der Waals surface area (Å²) in [6.07, 6.45) is 1.75. The molecule has 1 N–H and O–H groups in total. The summed E-state index contributed by atoms with van der Waals surface area (Å²) in [7, 11) is 0. The van der Waals surface area contributed by atoms with Crippen LogP contribution >= 0.6 is 11.3 Å². The molecule has 7 heteroatoms. The Morgan fingerprint density at radius 3 is 2.96 bits per heavy atom. The van der Waals surface area contributed by atoms with E-state index in [0.717, 1.165) is 10.4 Å². The van der Waals surface area contributed by atoms with E-state index in [1.54, 1.807) is 36.6 Å². The van der Waals surface area contributed by atoms with Gasteiger partial charge in [-0.15, -0.1) is 11.3 Å². The van der Waals surface area contributed by atoms with Crippen molar-refractivity contribution in [3.05, 3.63) is 70.2 Å². The van der Waals surface area contributed by atoms with Crippen LogP contribution in [0.5, 0.6) is 0 Å². The second-order valence-electron chi connectivity index (χ2n) is 5.35. The van der Waals surface area contributed by atoms with E-state index >= 15 is 0 Å². The number of aromatic nitrogens is 1. The van der Waals surface area contributed by atoms with Crippen LogP contribution in [0.25, 0.3) is 21.7 Å². The molecule has 0 spiro atoms. The molecular weight excluding hydrogens is 340 g/mol. The first-order chi connectivity index (χ1) is 12.2. The highest BCUT2D eigenvalue weighted by Gasteiger charge is 2.11. The van der Waals surface area contributed by atoms with Crippen molar-refractivity contribution in [3.8, 4) is 10.8 Å². The number of hydrogen-bond donors (Lipinski definition) is 1. The fourth-order valence-corrected chi connectivity index (χ4v) is 3.21. The number of benzene rings is 1. The molecule has 0 atom stereocenters. The third-order valence-electron chi connectivity index (χ3n) is 3.53. The molecule has 6 nitrogen and oxygen atoms in total. The molecule has 0 bridgehead atoms. The zero-order chi connectivity index (χ0) is 17.2. The van der Waals surface area contributed by atoms with Crippen LogP contribution in [-0.4, -0.2) is 10.9 Å². The minimum Gasteiger partial charge on any atom is -0.462 e. The van der Waals surface area contributed by atoms with E-state index in [-0.39, 0.29) is 12.3 Å². The van der Waals surface area contributed by atoms with Crippen molar-refractivity contribution in [3.63, 3.8) is 0 Å². The van der Waals surface area contributed by atoms with Gasteiger partial charge in [-0.1, -0.05) is 0 Å². The number of furan rings is 1. The van der Waals surface area contributed by atoms with Crippen LogP contribution in [0.15, 0.2) is 67.7 Å². The number of thiazole rings is 1. The number of rotatable bonds is 4. The Labute approximate surface area is 145 Å². The SMILES string of the molecule is O=C(Cc1csc(-c2ccco2)n1)Nc1ccc2oc(=O)ccc2c1. The van der Waals surface area contributed by atoms with E-state index < -0.39 is 5.63 Å². The summed E-state index contributed by atoms with van der Waals surface area (Å²) < 4.78 is 10.4. The summed E-state index contributed by atoms with van der Waals surface area (Å²) in [5.41, 5.74) is 1.39. The number of nitrogens with one attached hydrogen (secondary N) is 1. The highest BCUT2D eigenvalue weighted by Crippen LogP contribution is 2.24. The molecule has 25 heavy (non-hydrogen) atoms. The normalized spacial score (nSPS) is 10.9. The lowest BCUT2D eigenvalue weighted by molar-refractivity contribution is -0.115. The average Bonchev–Trinajstić information content (AvgIpc) is 3.26. The number of anilines is 1. The topological polar surface area (TPSA) is 85.3 Å². The van der Waals surface area contributed by atoms with Crippen LogP contribution in [0.4, 0.5) is 5.69 Å². The fourth-order valence-electron chi connectivity index (χ4n) is 2.42. The molecule has 0 unspecified atom stereocenters. The minimum absolute atomic E-state index is 0.166. The third-order valence-corrected chi connectivity index (χ3v) is 4.43. The monoisotopic (exact) mass is 352 g/mol. The number of amides is 1. The van der Waals surface area contributed by atoms with E-state index in [0.29, 0.717) is 22.7 Å². The molecule has 0 fully saturated rings. The zero-order valence-electron chi connectivity index (χ0n) is 12.9. The van der Waals surface area contributed by atoms with E-state index in [1.165, 1.54) is 17.4 Å². The number of carbonyl (C=O) groups excluding carboxylic acids is 1. The van der Waals surface area contributed by atoms with Crippen molar-refractivity contribution in [1.82, 2.24) is 4.98 Å². The van der Waals surface area contributed by atoms with E-state index in [9.17, 15) is 9.59 Å². The number of hydrogen-bond acceptors (Lipinski definition) is 6. The van der Waals surface area contributed by atoms with Crippen LogP contribution in [0.1, 0.15) is 5.69 Å². The first-order valence-corrected chi connectivity index (χ1v) is 8.37. The van der Waals surface area contributed by atoms with Crippen LogP contribution in [0.3, 0.4) is 0 Å². The van der Waals surface area contributed by atoms with Crippen LogP contribution < -0.4 is 10.9 Å². The fraction of sp³-hybridized carbons (Fsp3) is 0.0556. The standard InChI is InChI=1S/C18H12N2O4S/c21-16(9-13-10-25-18(20-13)15-2-1-7-23-15)19-12-4-5-14-11(8-12)3-6-17(22)24-14/h1-8,10H,9H2,(H,19,21). The van der Waals surface area contributed by atoms with Crippen LogP contribution in [0, 0.1) is 0 Å². The summed E-state index contributed by atoms with van der Waals surface area (Å²) in [5, 5.41) is 6.15. The predicted molar refractivity (Wildman–Crippen MR) is 94.6 cm³/mol. The maximum Gasteiger partial charge on any atom is 0.336 e. The lowest BCUT2D eigenvalue weighted by atomic mass is 10.2. The molecule has 4 rings (SSSR count). The quantitative estimate of drug-likeness (QED) is 0.566. The first kappa shape index (κ1) is 15.3. The maximum atomic E-state index is 12.2. The van der Waals surface area contributed by atoms with Gasteiger partial charge in [0.1, 0.15) is 5.58 Å². The second kappa shape index (κ2) is 6.37. The van der Waals surface area contributed by atoms with Crippen molar-refractivity contribution in [2.45, 2.75) is 6.42 Å². The first-order valence-electron chi connectivity index (χ1n) is 7.49. The highest BCUT2D eigenvalue weighted by atomic mass is 32.1. The number of fused-ring (bicyclic) bond motifs is 1. The van der Waals surface area contributed by atoms with Gasteiger partial charge in [0.2, 0.25) is 5.91 Å². The van der Waals surface area contributed by atoms with Gasteiger partial charge in [-0.05, 0) is 36.4 Å². The van der Waals surface area contributed by atoms with Gasteiger partial charge in [-0.3, -0.25) is 4.79 Å². The molecule has 124 valence electrons. The van der Waals surface area contributed by atoms with E-state index in [2.05, 4.69) is 10.3 Å². The van der Waals surface area contributed by atoms with Gasteiger partial charge in [-0.2, -0.15) is 0 Å². The maximum absolute atomic E-state index is 12.2. The molecule has 4 aromatic rings. The second-order valence-corrected chi connectivity index (χ2v) is 6.21. The zero-order valence-corrected chi connectivity index (χ0v) is 13.7. The highest BCUT2D eigenvalue weighted by molar-refractivity contribution is 7.13. The number of carbonyl (C=O) groups is 1. The van der Waals surface area contributed by atoms with Gasteiger partial charge in [0, 0.05) is 22.5 Å². The van der Waals surface area contributed by atoms with Crippen molar-refractivity contribution in [2.75, 3.05) is 5.32 Å². The van der Waals surface area contributed by atoms with Gasteiger partial charge in [-0.25, -0.2) is 9.78 Å². The van der Waals surface area contributed by atoms with Crippen molar-refractivity contribution in [2.24, 2.45) is 0 Å². The Balaban J connectivity index is 1.47. The Bertz CT molecular complexity index is 1100. The Morgan fingerprint density at radius 2 is 2.12 bits per heavy atom. The molecule has 3 heterocycles. The summed E-state index contributed by atoms with van der Waals surface area (Å²) in [6, 6.07) is 11.7. The van der Waals surface area contributed by atoms with Gasteiger partial charge >= 0.3 is 5.63 Å². The molecule has 1 aromatic carbocycles. The van der Waals surface area contributed by atoms with Crippen LogP contribution in [-0.2, 0) is 11.2 Å². The molecule has 3 aromatic heterocycles. The molecule has 1 amide bonds. The smallest absolute Gasteiger partial charge is 0.336 e. The Morgan fingerprint density at radius 1 is 1.20 bits per heavy atom. The molecular formula is C18H12N2O4S. The van der Waals surface area contributed by atoms with E-state index in [1.807, 2.05) is 11.4 Å². The van der Waals surface area contributed by atoms with Crippen molar-refractivity contribution >= 4 is 33.9 Å². The molecule has 0 aliphatic heterocycles. The third kappa shape index (κ3) is 3.36. The molecule has 0 saturated carbocycles. The Kier molecular flexibility index (Phi) is 3.91. The van der Waals surface area contributed by atoms with Crippen molar-refractivity contribution < 1.29 is 13.6 Å².